The fraction of sp³-hybridized carbons (Fsp3) is 0.667. The van der Waals surface area contributed by atoms with Gasteiger partial charge in [-0.25, -0.2) is 14.6 Å². The molecule has 22 heavy (non-hydrogen) atoms. The Morgan fingerprint density at radius 3 is 2.64 bits per heavy atom. The molecule has 0 bridgehead atoms. The number of aromatic nitrogens is 1. The second-order valence-corrected chi connectivity index (χ2v) is 6.40. The topological polar surface area (TPSA) is 92.9 Å². The highest BCUT2D eigenvalue weighted by molar-refractivity contribution is 5.85. The SMILES string of the molecule is CCc1nc([C@H]2CCN(C(=O)OC(C)(C)C)C2)oc1C(=O)O. The van der Waals surface area contributed by atoms with Gasteiger partial charge in [0.1, 0.15) is 5.60 Å². The summed E-state index contributed by atoms with van der Waals surface area (Å²) in [4.78, 5) is 29.0. The van der Waals surface area contributed by atoms with Crippen LogP contribution in [-0.2, 0) is 11.2 Å². The Balaban J connectivity index is 2.07. The molecule has 1 atom stereocenters. The molecule has 0 radical (unpaired) electrons. The fourth-order valence-electron chi connectivity index (χ4n) is 2.41. The molecular weight excluding hydrogens is 288 g/mol. The number of rotatable bonds is 3. The second kappa shape index (κ2) is 5.98. The van der Waals surface area contributed by atoms with Crippen molar-refractivity contribution < 1.29 is 23.8 Å². The number of oxazole rings is 1. The van der Waals surface area contributed by atoms with Crippen LogP contribution in [0.1, 0.15) is 62.2 Å². The summed E-state index contributed by atoms with van der Waals surface area (Å²) in [6, 6.07) is 0. The van der Waals surface area contributed by atoms with Gasteiger partial charge in [-0.15, -0.1) is 0 Å². The van der Waals surface area contributed by atoms with Crippen LogP contribution >= 0.6 is 0 Å². The molecule has 0 spiro atoms. The van der Waals surface area contributed by atoms with Gasteiger partial charge in [0.15, 0.2) is 0 Å². The zero-order chi connectivity index (χ0) is 16.5. The zero-order valence-corrected chi connectivity index (χ0v) is 13.4. The number of amides is 1. The van der Waals surface area contributed by atoms with Crippen molar-refractivity contribution in [2.75, 3.05) is 13.1 Å². The van der Waals surface area contributed by atoms with E-state index < -0.39 is 11.6 Å². The molecule has 1 aliphatic heterocycles. The minimum absolute atomic E-state index is 0.0917. The first-order valence-electron chi connectivity index (χ1n) is 7.42. The van der Waals surface area contributed by atoms with E-state index in [1.807, 2.05) is 27.7 Å². The number of carbonyl (C=O) groups is 2. The van der Waals surface area contributed by atoms with E-state index in [9.17, 15) is 9.59 Å². The third-order valence-corrected chi connectivity index (χ3v) is 3.43. The molecule has 7 heteroatoms. The van der Waals surface area contributed by atoms with Gasteiger partial charge in [0.2, 0.25) is 11.7 Å². The molecule has 7 nitrogen and oxygen atoms in total. The lowest BCUT2D eigenvalue weighted by Gasteiger charge is -2.24. The molecule has 1 saturated heterocycles. The van der Waals surface area contributed by atoms with Gasteiger partial charge in [-0.05, 0) is 33.6 Å². The number of carboxylic acids is 1. The normalized spacial score (nSPS) is 18.5. The molecule has 1 N–H and O–H groups in total. The van der Waals surface area contributed by atoms with Crippen LogP contribution in [0, 0.1) is 0 Å². The first kappa shape index (κ1) is 16.3. The Kier molecular flexibility index (Phi) is 4.44. The Labute approximate surface area is 129 Å². The highest BCUT2D eigenvalue weighted by Gasteiger charge is 2.34. The highest BCUT2D eigenvalue weighted by atomic mass is 16.6. The van der Waals surface area contributed by atoms with E-state index in [0.717, 1.165) is 0 Å². The third kappa shape index (κ3) is 3.58. The van der Waals surface area contributed by atoms with E-state index in [-0.39, 0.29) is 17.8 Å². The highest BCUT2D eigenvalue weighted by Crippen LogP contribution is 2.29. The number of carbonyl (C=O) groups excluding carboxylic acids is 1. The Morgan fingerprint density at radius 2 is 2.14 bits per heavy atom. The number of hydrogen-bond acceptors (Lipinski definition) is 5. The molecule has 1 aromatic rings. The Morgan fingerprint density at radius 1 is 1.45 bits per heavy atom. The summed E-state index contributed by atoms with van der Waals surface area (Å²) in [5.41, 5.74) is -0.0949. The van der Waals surface area contributed by atoms with Crippen LogP contribution in [0.3, 0.4) is 0 Å². The largest absolute Gasteiger partial charge is 0.475 e. The molecule has 0 aromatic carbocycles. The number of likely N-dealkylation sites (tertiary alicyclic amines) is 1. The molecule has 122 valence electrons. The number of aryl methyl sites for hydroxylation is 1. The number of carboxylic acid groups (broad SMARTS) is 1. The van der Waals surface area contributed by atoms with Crippen molar-refractivity contribution in [3.8, 4) is 0 Å². The zero-order valence-electron chi connectivity index (χ0n) is 13.4. The number of aromatic carboxylic acids is 1. The van der Waals surface area contributed by atoms with Gasteiger partial charge in [0.25, 0.3) is 0 Å². The molecule has 1 amide bonds. The second-order valence-electron chi connectivity index (χ2n) is 6.40. The van der Waals surface area contributed by atoms with Crippen LogP contribution in [0.15, 0.2) is 4.42 Å². The maximum absolute atomic E-state index is 12.0. The van der Waals surface area contributed by atoms with Crippen molar-refractivity contribution in [2.24, 2.45) is 0 Å². The Bertz CT molecular complexity index is 573. The quantitative estimate of drug-likeness (QED) is 0.922. The van der Waals surface area contributed by atoms with Crippen LogP contribution in [0.2, 0.25) is 0 Å². The van der Waals surface area contributed by atoms with Crippen LogP contribution < -0.4 is 0 Å². The third-order valence-electron chi connectivity index (χ3n) is 3.43. The van der Waals surface area contributed by atoms with E-state index in [2.05, 4.69) is 4.98 Å². The molecule has 1 aliphatic rings. The summed E-state index contributed by atoms with van der Waals surface area (Å²) < 4.78 is 10.7. The molecular formula is C15H22N2O5. The molecule has 0 aliphatic carbocycles. The predicted octanol–water partition coefficient (Wildman–Crippen LogP) is 2.66. The van der Waals surface area contributed by atoms with Crippen LogP contribution in [-0.4, -0.2) is 45.7 Å². The van der Waals surface area contributed by atoms with Gasteiger partial charge in [-0.1, -0.05) is 6.92 Å². The van der Waals surface area contributed by atoms with Gasteiger partial charge in [0.05, 0.1) is 11.6 Å². The minimum atomic E-state index is -1.11. The van der Waals surface area contributed by atoms with Crippen molar-refractivity contribution in [3.05, 3.63) is 17.3 Å². The summed E-state index contributed by atoms with van der Waals surface area (Å²) in [7, 11) is 0. The van der Waals surface area contributed by atoms with Gasteiger partial charge in [-0.2, -0.15) is 0 Å². The van der Waals surface area contributed by atoms with Crippen molar-refractivity contribution in [1.29, 1.82) is 0 Å². The predicted molar refractivity (Wildman–Crippen MR) is 78.0 cm³/mol. The van der Waals surface area contributed by atoms with E-state index in [0.29, 0.717) is 37.5 Å². The smallest absolute Gasteiger partial charge is 0.410 e. The standard InChI is InChI=1S/C15H22N2O5/c1-5-10-11(13(18)19)21-12(16-10)9-6-7-17(8-9)14(20)22-15(2,3)4/h9H,5-8H2,1-4H3,(H,18,19)/t9-/m0/s1. The summed E-state index contributed by atoms with van der Waals surface area (Å²) in [5.74, 6) is -0.919. The van der Waals surface area contributed by atoms with Crippen molar-refractivity contribution in [1.82, 2.24) is 9.88 Å². The minimum Gasteiger partial charge on any atom is -0.475 e. The first-order chi connectivity index (χ1) is 10.2. The average molecular weight is 310 g/mol. The fourth-order valence-corrected chi connectivity index (χ4v) is 2.41. The first-order valence-corrected chi connectivity index (χ1v) is 7.42. The lowest BCUT2D eigenvalue weighted by atomic mass is 10.1. The van der Waals surface area contributed by atoms with Crippen LogP contribution in [0.4, 0.5) is 4.79 Å². The van der Waals surface area contributed by atoms with Crippen molar-refractivity contribution in [2.45, 2.75) is 52.1 Å². The number of nitrogens with zero attached hydrogens (tertiary/aromatic N) is 2. The molecule has 1 aromatic heterocycles. The molecule has 0 saturated carbocycles. The summed E-state index contributed by atoms with van der Waals surface area (Å²) in [6.07, 6.45) is 0.811. The lowest BCUT2D eigenvalue weighted by molar-refractivity contribution is 0.0291. The van der Waals surface area contributed by atoms with Crippen LogP contribution in [0.25, 0.3) is 0 Å². The monoisotopic (exact) mass is 310 g/mol. The van der Waals surface area contributed by atoms with Crippen molar-refractivity contribution in [3.63, 3.8) is 0 Å². The van der Waals surface area contributed by atoms with Gasteiger partial charge >= 0.3 is 12.1 Å². The number of ether oxygens (including phenoxy) is 1. The summed E-state index contributed by atoms with van der Waals surface area (Å²) >= 11 is 0. The molecule has 2 heterocycles. The van der Waals surface area contributed by atoms with Gasteiger partial charge < -0.3 is 19.2 Å². The van der Waals surface area contributed by atoms with Crippen molar-refractivity contribution >= 4 is 12.1 Å². The van der Waals surface area contributed by atoms with Gasteiger partial charge in [-0.3, -0.25) is 0 Å². The molecule has 0 unspecified atom stereocenters. The van der Waals surface area contributed by atoms with E-state index in [1.54, 1.807) is 4.90 Å². The maximum Gasteiger partial charge on any atom is 0.410 e. The van der Waals surface area contributed by atoms with E-state index >= 15 is 0 Å². The summed E-state index contributed by atoms with van der Waals surface area (Å²) in [5, 5.41) is 9.10. The lowest BCUT2D eigenvalue weighted by Crippen LogP contribution is -2.35. The molecule has 2 rings (SSSR count). The van der Waals surface area contributed by atoms with Gasteiger partial charge in [0, 0.05) is 13.1 Å². The number of hydrogen-bond donors (Lipinski definition) is 1. The maximum atomic E-state index is 12.0. The van der Waals surface area contributed by atoms with Crippen LogP contribution in [0.5, 0.6) is 0 Å². The van der Waals surface area contributed by atoms with E-state index in [4.69, 9.17) is 14.3 Å². The Hall–Kier alpha value is -2.05. The summed E-state index contributed by atoms with van der Waals surface area (Å²) in [6.45, 7) is 8.26. The van der Waals surface area contributed by atoms with E-state index in [1.165, 1.54) is 0 Å². The average Bonchev–Trinajstić information content (AvgIpc) is 3.03. The molecule has 1 fully saturated rings.